The van der Waals surface area contributed by atoms with Crippen molar-refractivity contribution in [2.24, 2.45) is 0 Å². The molecule has 0 spiro atoms. The van der Waals surface area contributed by atoms with Gasteiger partial charge in [-0.1, -0.05) is 47.6 Å². The smallest absolute Gasteiger partial charge is 0.167 e. The maximum Gasteiger partial charge on any atom is 0.167 e. The van der Waals surface area contributed by atoms with Gasteiger partial charge in [-0.2, -0.15) is 0 Å². The zero-order chi connectivity index (χ0) is 10.1. The highest BCUT2D eigenvalue weighted by Crippen LogP contribution is 2.26. The summed E-state index contributed by atoms with van der Waals surface area (Å²) in [6.07, 6.45) is 0. The van der Waals surface area contributed by atoms with E-state index in [-0.39, 0.29) is 0 Å². The topological polar surface area (TPSA) is 26.0 Å². The molecule has 0 saturated carbocycles. The van der Waals surface area contributed by atoms with Crippen LogP contribution in [0.5, 0.6) is 0 Å². The first-order valence-corrected chi connectivity index (χ1v) is 4.85. The minimum atomic E-state index is 0.830. The van der Waals surface area contributed by atoms with Gasteiger partial charge in [0.1, 0.15) is 5.69 Å². The first-order chi connectivity index (χ1) is 7.45. The maximum absolute atomic E-state index is 5.25. The minimum Gasteiger partial charge on any atom is -0.356 e. The second-order valence-corrected chi connectivity index (χ2v) is 3.39. The van der Waals surface area contributed by atoms with Gasteiger partial charge in [-0.25, -0.2) is 0 Å². The van der Waals surface area contributed by atoms with E-state index < -0.39 is 0 Å². The summed E-state index contributed by atoms with van der Waals surface area (Å²) >= 11 is 0. The standard InChI is InChI=1S/C13H9NO/c1-2-6-10(7-3-1)13-11-8-4-5-9-12(11)15-14-13/h1-9H. The molecular formula is C13H9NO. The first kappa shape index (κ1) is 8.24. The third-order valence-electron chi connectivity index (χ3n) is 2.42. The zero-order valence-corrected chi connectivity index (χ0v) is 8.05. The lowest BCUT2D eigenvalue weighted by atomic mass is 10.1. The van der Waals surface area contributed by atoms with E-state index in [0.29, 0.717) is 0 Å². The van der Waals surface area contributed by atoms with Gasteiger partial charge in [0.25, 0.3) is 0 Å². The Morgan fingerprint density at radius 3 is 2.40 bits per heavy atom. The fourth-order valence-electron chi connectivity index (χ4n) is 1.69. The maximum atomic E-state index is 5.25. The molecule has 0 atom stereocenters. The molecule has 0 saturated heterocycles. The molecule has 2 nitrogen and oxygen atoms in total. The van der Waals surface area contributed by atoms with E-state index in [1.165, 1.54) is 0 Å². The number of hydrogen-bond donors (Lipinski definition) is 0. The van der Waals surface area contributed by atoms with Crippen LogP contribution in [0, 0.1) is 0 Å². The largest absolute Gasteiger partial charge is 0.356 e. The van der Waals surface area contributed by atoms with Crippen LogP contribution in [0.4, 0.5) is 0 Å². The Kier molecular flexibility index (Phi) is 1.78. The normalized spacial score (nSPS) is 10.7. The van der Waals surface area contributed by atoms with Gasteiger partial charge in [0.2, 0.25) is 0 Å². The van der Waals surface area contributed by atoms with Crippen LogP contribution < -0.4 is 0 Å². The van der Waals surface area contributed by atoms with Crippen LogP contribution in [0.2, 0.25) is 0 Å². The van der Waals surface area contributed by atoms with Crippen molar-refractivity contribution in [2.75, 3.05) is 0 Å². The van der Waals surface area contributed by atoms with Crippen LogP contribution >= 0.6 is 0 Å². The number of benzene rings is 2. The van der Waals surface area contributed by atoms with E-state index in [1.54, 1.807) is 0 Å². The van der Waals surface area contributed by atoms with E-state index in [0.717, 1.165) is 22.2 Å². The highest BCUT2D eigenvalue weighted by atomic mass is 16.5. The number of aromatic nitrogens is 1. The van der Waals surface area contributed by atoms with Gasteiger partial charge in [-0.3, -0.25) is 0 Å². The lowest BCUT2D eigenvalue weighted by Crippen LogP contribution is -1.76. The molecule has 0 fully saturated rings. The molecule has 0 N–H and O–H groups in total. The Morgan fingerprint density at radius 1 is 0.800 bits per heavy atom. The monoisotopic (exact) mass is 195 g/mol. The molecule has 0 amide bonds. The third-order valence-corrected chi connectivity index (χ3v) is 2.42. The zero-order valence-electron chi connectivity index (χ0n) is 8.05. The summed E-state index contributed by atoms with van der Waals surface area (Å²) in [4.78, 5) is 0. The quantitative estimate of drug-likeness (QED) is 0.594. The highest BCUT2D eigenvalue weighted by molar-refractivity contribution is 5.91. The van der Waals surface area contributed by atoms with Crippen molar-refractivity contribution in [2.45, 2.75) is 0 Å². The van der Waals surface area contributed by atoms with Gasteiger partial charge < -0.3 is 4.52 Å². The number of fused-ring (bicyclic) bond motifs is 1. The lowest BCUT2D eigenvalue weighted by molar-refractivity contribution is 0.459. The van der Waals surface area contributed by atoms with Crippen LogP contribution in [0.15, 0.2) is 59.1 Å². The minimum absolute atomic E-state index is 0.830. The average Bonchev–Trinajstić information content (AvgIpc) is 2.74. The number of para-hydroxylation sites is 1. The molecule has 2 aromatic carbocycles. The van der Waals surface area contributed by atoms with E-state index in [4.69, 9.17) is 4.52 Å². The Hall–Kier alpha value is -2.09. The molecule has 0 unspecified atom stereocenters. The van der Waals surface area contributed by atoms with E-state index >= 15 is 0 Å². The number of hydrogen-bond acceptors (Lipinski definition) is 2. The fraction of sp³-hybridized carbons (Fsp3) is 0. The van der Waals surface area contributed by atoms with E-state index in [2.05, 4.69) is 5.16 Å². The molecule has 0 aliphatic carbocycles. The molecule has 0 aliphatic heterocycles. The van der Waals surface area contributed by atoms with Gasteiger partial charge in [0, 0.05) is 10.9 Å². The number of nitrogens with zero attached hydrogens (tertiary/aromatic N) is 1. The first-order valence-electron chi connectivity index (χ1n) is 4.85. The predicted octanol–water partition coefficient (Wildman–Crippen LogP) is 3.49. The summed E-state index contributed by atoms with van der Waals surface area (Å²) < 4.78 is 5.25. The molecule has 3 rings (SSSR count). The summed E-state index contributed by atoms with van der Waals surface area (Å²) in [5.74, 6) is 0. The molecular weight excluding hydrogens is 186 g/mol. The molecule has 1 aromatic heterocycles. The summed E-state index contributed by atoms with van der Waals surface area (Å²) in [5.41, 5.74) is 2.82. The van der Waals surface area contributed by atoms with Gasteiger partial charge in [-0.15, -0.1) is 0 Å². The second-order valence-electron chi connectivity index (χ2n) is 3.39. The van der Waals surface area contributed by atoms with Crippen molar-refractivity contribution in [1.29, 1.82) is 0 Å². The van der Waals surface area contributed by atoms with E-state index in [1.807, 2.05) is 54.6 Å². The van der Waals surface area contributed by atoms with Crippen molar-refractivity contribution < 1.29 is 4.52 Å². The highest BCUT2D eigenvalue weighted by Gasteiger charge is 2.08. The summed E-state index contributed by atoms with van der Waals surface area (Å²) in [5, 5.41) is 5.15. The van der Waals surface area contributed by atoms with Gasteiger partial charge >= 0.3 is 0 Å². The molecule has 0 bridgehead atoms. The van der Waals surface area contributed by atoms with Gasteiger partial charge in [-0.05, 0) is 12.1 Å². The second kappa shape index (κ2) is 3.24. The van der Waals surface area contributed by atoms with Crippen molar-refractivity contribution in [3.63, 3.8) is 0 Å². The van der Waals surface area contributed by atoms with Gasteiger partial charge in [0.15, 0.2) is 5.58 Å². The summed E-state index contributed by atoms with van der Waals surface area (Å²) in [6.45, 7) is 0. The molecule has 15 heavy (non-hydrogen) atoms. The Labute approximate surface area is 87.1 Å². The van der Waals surface area contributed by atoms with Crippen molar-refractivity contribution in [1.82, 2.24) is 5.16 Å². The predicted molar refractivity (Wildman–Crippen MR) is 59.4 cm³/mol. The van der Waals surface area contributed by atoms with E-state index in [9.17, 15) is 0 Å². The average molecular weight is 195 g/mol. The van der Waals surface area contributed by atoms with Crippen LogP contribution in [0.3, 0.4) is 0 Å². The Bertz CT molecular complexity index is 584. The lowest BCUT2D eigenvalue weighted by Gasteiger charge is -1.94. The Balaban J connectivity index is 2.28. The van der Waals surface area contributed by atoms with Crippen molar-refractivity contribution in [3.8, 4) is 11.3 Å². The molecule has 3 aromatic rings. The van der Waals surface area contributed by atoms with Crippen LogP contribution in [-0.2, 0) is 0 Å². The molecule has 2 heteroatoms. The van der Waals surface area contributed by atoms with Crippen molar-refractivity contribution in [3.05, 3.63) is 54.6 Å². The third kappa shape index (κ3) is 1.31. The molecule has 0 aliphatic rings. The SMILES string of the molecule is c1ccc(-c2noc3ccccc23)cc1. The van der Waals surface area contributed by atoms with Crippen LogP contribution in [-0.4, -0.2) is 5.16 Å². The summed E-state index contributed by atoms with van der Waals surface area (Å²) in [6, 6.07) is 17.9. The van der Waals surface area contributed by atoms with Crippen LogP contribution in [0.25, 0.3) is 22.2 Å². The van der Waals surface area contributed by atoms with Gasteiger partial charge in [0.05, 0.1) is 0 Å². The molecule has 72 valence electrons. The van der Waals surface area contributed by atoms with Crippen molar-refractivity contribution >= 4 is 11.0 Å². The molecule has 0 radical (unpaired) electrons. The molecule has 1 heterocycles. The summed E-state index contributed by atoms with van der Waals surface area (Å²) in [7, 11) is 0. The fourth-order valence-corrected chi connectivity index (χ4v) is 1.69. The Morgan fingerprint density at radius 2 is 1.53 bits per heavy atom. The number of rotatable bonds is 1. The van der Waals surface area contributed by atoms with Crippen LogP contribution in [0.1, 0.15) is 0 Å².